The van der Waals surface area contributed by atoms with Crippen LogP contribution in [0.2, 0.25) is 5.02 Å². The number of nitrogens with two attached hydrogens (primary N) is 1. The molecule has 3 aromatic rings. The van der Waals surface area contributed by atoms with Crippen LogP contribution < -0.4 is 16.0 Å². The Balaban J connectivity index is 1.78. The van der Waals surface area contributed by atoms with Crippen LogP contribution in [-0.4, -0.2) is 35.3 Å². The highest BCUT2D eigenvalue weighted by atomic mass is 35.5. The maximum absolute atomic E-state index is 15.0. The third kappa shape index (κ3) is 2.58. The van der Waals surface area contributed by atoms with Crippen molar-refractivity contribution in [1.82, 2.24) is 15.1 Å². The topological polar surface area (TPSA) is 76.2 Å². The minimum Gasteiger partial charge on any atom is -0.364 e. The van der Waals surface area contributed by atoms with Gasteiger partial charge in [-0.3, -0.25) is 9.48 Å². The second-order valence-electron chi connectivity index (χ2n) is 7.84. The molecule has 2 aliphatic heterocycles. The minimum atomic E-state index is -0.630. The number of aryl methyl sites for hydroxylation is 1. The van der Waals surface area contributed by atoms with Crippen LogP contribution in [0, 0.1) is 5.82 Å². The molecular formula is C22H21ClFN5O. The molecule has 1 unspecified atom stereocenters. The maximum atomic E-state index is 15.0. The predicted octanol–water partition coefficient (Wildman–Crippen LogP) is 2.84. The van der Waals surface area contributed by atoms with Crippen molar-refractivity contribution in [2.24, 2.45) is 12.8 Å². The number of benzene rings is 2. The van der Waals surface area contributed by atoms with Crippen molar-refractivity contribution in [2.75, 3.05) is 24.5 Å². The summed E-state index contributed by atoms with van der Waals surface area (Å²) in [7, 11) is 1.63. The highest BCUT2D eigenvalue weighted by Gasteiger charge is 2.48. The van der Waals surface area contributed by atoms with Crippen molar-refractivity contribution in [3.05, 3.63) is 70.3 Å². The molecule has 5 rings (SSSR count). The molecule has 0 aliphatic carbocycles. The van der Waals surface area contributed by atoms with Crippen LogP contribution in [0.4, 0.5) is 10.1 Å². The number of carbonyl (C=O) groups is 1. The number of nitrogens with zero attached hydrogens (tertiary/aromatic N) is 3. The van der Waals surface area contributed by atoms with Gasteiger partial charge in [-0.1, -0.05) is 41.9 Å². The smallest absolute Gasteiger partial charge is 0.267 e. The van der Waals surface area contributed by atoms with E-state index in [-0.39, 0.29) is 16.3 Å². The van der Waals surface area contributed by atoms with Gasteiger partial charge in [0.25, 0.3) is 5.91 Å². The standard InChI is InChI=1S/C22H21ClFN5O/c1-28-20(21(25)30)15(11-27-28)18-14-10-22(13-5-3-2-4-6-13)12-26-7-8-29(22)17(14)9-16(24)19(18)23/h2-6,9,11,26H,7-8,10,12H2,1H3,(H2,25,30). The van der Waals surface area contributed by atoms with Crippen molar-refractivity contribution in [2.45, 2.75) is 12.0 Å². The molecule has 2 aromatic carbocycles. The third-order valence-electron chi connectivity index (χ3n) is 6.26. The second kappa shape index (κ2) is 6.82. The number of aromatic nitrogens is 2. The zero-order valence-corrected chi connectivity index (χ0v) is 17.2. The first-order valence-electron chi connectivity index (χ1n) is 9.81. The molecule has 8 heteroatoms. The molecule has 0 saturated carbocycles. The third-order valence-corrected chi connectivity index (χ3v) is 6.63. The lowest BCUT2D eigenvalue weighted by molar-refractivity contribution is 0.0992. The van der Waals surface area contributed by atoms with E-state index in [9.17, 15) is 4.79 Å². The predicted molar refractivity (Wildman–Crippen MR) is 114 cm³/mol. The molecule has 30 heavy (non-hydrogen) atoms. The Hall–Kier alpha value is -2.90. The number of halogens is 2. The summed E-state index contributed by atoms with van der Waals surface area (Å²) >= 11 is 6.49. The molecule has 3 heterocycles. The summed E-state index contributed by atoms with van der Waals surface area (Å²) < 4.78 is 16.4. The quantitative estimate of drug-likeness (QED) is 0.676. The summed E-state index contributed by atoms with van der Waals surface area (Å²) in [6, 6.07) is 11.7. The van der Waals surface area contributed by atoms with E-state index in [1.54, 1.807) is 7.05 Å². The van der Waals surface area contributed by atoms with Crippen LogP contribution >= 0.6 is 11.6 Å². The summed E-state index contributed by atoms with van der Waals surface area (Å²) in [5.74, 6) is -1.15. The Morgan fingerprint density at radius 1 is 1.33 bits per heavy atom. The number of primary amides is 1. The van der Waals surface area contributed by atoms with Gasteiger partial charge in [0, 0.05) is 49.9 Å². The molecule has 2 aliphatic rings. The highest BCUT2D eigenvalue weighted by molar-refractivity contribution is 6.34. The van der Waals surface area contributed by atoms with Crippen molar-refractivity contribution >= 4 is 23.2 Å². The molecule has 0 radical (unpaired) electrons. The molecule has 1 amide bonds. The van der Waals surface area contributed by atoms with E-state index >= 15 is 4.39 Å². The van der Waals surface area contributed by atoms with Crippen molar-refractivity contribution < 1.29 is 9.18 Å². The number of hydrogen-bond acceptors (Lipinski definition) is 4. The van der Waals surface area contributed by atoms with E-state index in [0.29, 0.717) is 17.5 Å². The average Bonchev–Trinajstić information content (AvgIpc) is 3.28. The Morgan fingerprint density at radius 3 is 2.83 bits per heavy atom. The van der Waals surface area contributed by atoms with E-state index in [0.717, 1.165) is 36.4 Å². The van der Waals surface area contributed by atoms with Gasteiger partial charge in [0.2, 0.25) is 0 Å². The summed E-state index contributed by atoms with van der Waals surface area (Å²) in [4.78, 5) is 14.4. The number of fused-ring (bicyclic) bond motifs is 3. The largest absolute Gasteiger partial charge is 0.364 e. The molecule has 1 atom stereocenters. The summed E-state index contributed by atoms with van der Waals surface area (Å²) in [6.45, 7) is 2.26. The maximum Gasteiger partial charge on any atom is 0.267 e. The summed E-state index contributed by atoms with van der Waals surface area (Å²) in [5, 5.41) is 7.67. The van der Waals surface area contributed by atoms with Gasteiger partial charge in [-0.25, -0.2) is 4.39 Å². The van der Waals surface area contributed by atoms with Crippen molar-refractivity contribution in [3.8, 4) is 11.1 Å². The zero-order chi connectivity index (χ0) is 21.0. The first-order valence-corrected chi connectivity index (χ1v) is 10.2. The monoisotopic (exact) mass is 425 g/mol. The molecule has 1 fully saturated rings. The Bertz CT molecular complexity index is 1160. The fraction of sp³-hybridized carbons (Fsp3) is 0.273. The molecule has 3 N–H and O–H groups in total. The lowest BCUT2D eigenvalue weighted by Gasteiger charge is -2.45. The number of piperazine rings is 1. The van der Waals surface area contributed by atoms with Crippen molar-refractivity contribution in [3.63, 3.8) is 0 Å². The number of rotatable bonds is 3. The first-order chi connectivity index (χ1) is 14.4. The van der Waals surface area contributed by atoms with Crippen LogP contribution in [0.15, 0.2) is 42.6 Å². The molecule has 154 valence electrons. The summed E-state index contributed by atoms with van der Waals surface area (Å²) in [5.41, 5.74) is 9.28. The number of hydrogen-bond donors (Lipinski definition) is 2. The normalized spacial score (nSPS) is 20.2. The fourth-order valence-electron chi connectivity index (χ4n) is 4.97. The Morgan fingerprint density at radius 2 is 2.10 bits per heavy atom. The van der Waals surface area contributed by atoms with Gasteiger partial charge in [-0.05, 0) is 17.2 Å². The van der Waals surface area contributed by atoms with Gasteiger partial charge < -0.3 is 16.0 Å². The Labute approximate surface area is 178 Å². The van der Waals surface area contributed by atoms with Crippen LogP contribution in [0.1, 0.15) is 21.6 Å². The van der Waals surface area contributed by atoms with Crippen LogP contribution in [0.25, 0.3) is 11.1 Å². The molecule has 1 aromatic heterocycles. The van der Waals surface area contributed by atoms with E-state index in [2.05, 4.69) is 27.4 Å². The number of amides is 1. The molecule has 0 spiro atoms. The van der Waals surface area contributed by atoms with Crippen molar-refractivity contribution in [1.29, 1.82) is 0 Å². The minimum absolute atomic E-state index is 0.0136. The van der Waals surface area contributed by atoms with E-state index in [1.807, 2.05) is 18.2 Å². The van der Waals surface area contributed by atoms with Gasteiger partial charge in [-0.2, -0.15) is 5.10 Å². The van der Waals surface area contributed by atoms with Gasteiger partial charge in [0.05, 0.1) is 16.8 Å². The van der Waals surface area contributed by atoms with E-state index in [1.165, 1.54) is 16.9 Å². The van der Waals surface area contributed by atoms with Gasteiger partial charge in [-0.15, -0.1) is 0 Å². The van der Waals surface area contributed by atoms with Gasteiger partial charge >= 0.3 is 0 Å². The number of carbonyl (C=O) groups excluding carboxylic acids is 1. The molecule has 6 nitrogen and oxygen atoms in total. The Kier molecular flexibility index (Phi) is 4.34. The number of anilines is 1. The lowest BCUT2D eigenvalue weighted by atomic mass is 9.83. The SMILES string of the molecule is Cn1ncc(-c2c(Cl)c(F)cc3c2CC2(c4ccccc4)CNCCN32)c1C(N)=O. The highest BCUT2D eigenvalue weighted by Crippen LogP contribution is 2.51. The second-order valence-corrected chi connectivity index (χ2v) is 8.22. The van der Waals surface area contributed by atoms with Crippen LogP contribution in [0.3, 0.4) is 0 Å². The molecule has 0 bridgehead atoms. The first kappa shape index (κ1) is 19.1. The van der Waals surface area contributed by atoms with Crippen LogP contribution in [0.5, 0.6) is 0 Å². The van der Waals surface area contributed by atoms with E-state index in [4.69, 9.17) is 17.3 Å². The fourth-order valence-corrected chi connectivity index (χ4v) is 5.24. The molecular weight excluding hydrogens is 405 g/mol. The van der Waals surface area contributed by atoms with Crippen LogP contribution in [-0.2, 0) is 19.0 Å². The van der Waals surface area contributed by atoms with Gasteiger partial charge in [0.15, 0.2) is 0 Å². The van der Waals surface area contributed by atoms with Gasteiger partial charge in [0.1, 0.15) is 11.5 Å². The lowest BCUT2D eigenvalue weighted by Crippen LogP contribution is -2.57. The zero-order valence-electron chi connectivity index (χ0n) is 16.5. The summed E-state index contributed by atoms with van der Waals surface area (Å²) in [6.07, 6.45) is 2.16. The average molecular weight is 426 g/mol. The molecule has 1 saturated heterocycles. The number of nitrogens with one attached hydrogen (secondary N) is 1. The van der Waals surface area contributed by atoms with E-state index < -0.39 is 11.7 Å².